The van der Waals surface area contributed by atoms with Gasteiger partial charge in [-0.1, -0.05) is 18.2 Å². The quantitative estimate of drug-likeness (QED) is 0.785. The largest absolute Gasteiger partial charge is 0.457 e. The summed E-state index contributed by atoms with van der Waals surface area (Å²) in [6, 6.07) is 11.2. The fraction of sp³-hybridized carbons (Fsp3) is 0.0714. The zero-order valence-corrected chi connectivity index (χ0v) is 11.0. The maximum Gasteiger partial charge on any atom is 0.148 e. The number of para-hydroxylation sites is 1. The molecule has 3 nitrogen and oxygen atoms in total. The average molecular weight is 304 g/mol. The van der Waals surface area contributed by atoms with Crippen LogP contribution in [0.25, 0.3) is 11.0 Å². The number of aliphatic hydroxyl groups excluding tert-OH is 1. The SMILES string of the molecule is OC(c1cccnc1)c1cc2cccc(Br)c2o1. The van der Waals surface area contributed by atoms with E-state index in [2.05, 4.69) is 20.9 Å². The van der Waals surface area contributed by atoms with Crippen LogP contribution in [0.5, 0.6) is 0 Å². The molecule has 0 amide bonds. The minimum atomic E-state index is -0.794. The second-order valence-electron chi connectivity index (χ2n) is 4.00. The number of nitrogens with zero attached hydrogens (tertiary/aromatic N) is 1. The first kappa shape index (κ1) is 11.4. The monoisotopic (exact) mass is 303 g/mol. The molecule has 0 saturated heterocycles. The summed E-state index contributed by atoms with van der Waals surface area (Å²) in [6.07, 6.45) is 2.51. The molecule has 4 heteroatoms. The zero-order chi connectivity index (χ0) is 12.5. The number of aromatic nitrogens is 1. The van der Waals surface area contributed by atoms with Gasteiger partial charge in [-0.3, -0.25) is 4.98 Å². The number of rotatable bonds is 2. The maximum absolute atomic E-state index is 10.2. The molecule has 0 aliphatic carbocycles. The Balaban J connectivity index is 2.07. The second-order valence-corrected chi connectivity index (χ2v) is 4.85. The molecule has 90 valence electrons. The van der Waals surface area contributed by atoms with E-state index in [-0.39, 0.29) is 0 Å². The molecule has 1 atom stereocenters. The summed E-state index contributed by atoms with van der Waals surface area (Å²) in [5, 5.41) is 11.2. The highest BCUT2D eigenvalue weighted by atomic mass is 79.9. The van der Waals surface area contributed by atoms with Gasteiger partial charge in [0, 0.05) is 23.3 Å². The van der Waals surface area contributed by atoms with E-state index in [0.717, 1.165) is 15.4 Å². The second kappa shape index (κ2) is 4.55. The van der Waals surface area contributed by atoms with Crippen molar-refractivity contribution in [2.75, 3.05) is 0 Å². The third-order valence-electron chi connectivity index (χ3n) is 2.78. The predicted molar refractivity (Wildman–Crippen MR) is 72.2 cm³/mol. The molecule has 0 aliphatic heterocycles. The molecule has 0 spiro atoms. The van der Waals surface area contributed by atoms with Gasteiger partial charge in [0.2, 0.25) is 0 Å². The Morgan fingerprint density at radius 1 is 1.22 bits per heavy atom. The minimum absolute atomic E-state index is 0.518. The molecule has 1 unspecified atom stereocenters. The van der Waals surface area contributed by atoms with Gasteiger partial charge in [0.15, 0.2) is 0 Å². The summed E-state index contributed by atoms with van der Waals surface area (Å²) in [5.41, 5.74) is 1.46. The summed E-state index contributed by atoms with van der Waals surface area (Å²) < 4.78 is 6.57. The number of aliphatic hydroxyl groups is 1. The van der Waals surface area contributed by atoms with Crippen LogP contribution in [0.1, 0.15) is 17.4 Å². The molecular weight excluding hydrogens is 294 g/mol. The molecule has 1 aromatic carbocycles. The molecule has 2 aromatic heterocycles. The van der Waals surface area contributed by atoms with Gasteiger partial charge in [0.25, 0.3) is 0 Å². The Bertz CT molecular complexity index is 679. The fourth-order valence-corrected chi connectivity index (χ4v) is 2.35. The molecule has 3 aromatic rings. The topological polar surface area (TPSA) is 46.3 Å². The van der Waals surface area contributed by atoms with Gasteiger partial charge in [-0.2, -0.15) is 0 Å². The van der Waals surface area contributed by atoms with Crippen molar-refractivity contribution in [1.29, 1.82) is 0 Å². The van der Waals surface area contributed by atoms with Crippen molar-refractivity contribution in [2.24, 2.45) is 0 Å². The van der Waals surface area contributed by atoms with Gasteiger partial charge in [-0.05, 0) is 34.1 Å². The first-order valence-corrected chi connectivity index (χ1v) is 6.31. The van der Waals surface area contributed by atoms with Crippen molar-refractivity contribution in [3.63, 3.8) is 0 Å². The smallest absolute Gasteiger partial charge is 0.148 e. The number of pyridine rings is 1. The Morgan fingerprint density at radius 3 is 2.83 bits per heavy atom. The summed E-state index contributed by atoms with van der Waals surface area (Å²) in [7, 11) is 0. The number of halogens is 1. The lowest BCUT2D eigenvalue weighted by atomic mass is 10.1. The summed E-state index contributed by atoms with van der Waals surface area (Å²) in [4.78, 5) is 3.99. The highest BCUT2D eigenvalue weighted by molar-refractivity contribution is 9.10. The van der Waals surface area contributed by atoms with Crippen molar-refractivity contribution >= 4 is 26.9 Å². The van der Waals surface area contributed by atoms with Gasteiger partial charge in [-0.25, -0.2) is 0 Å². The fourth-order valence-electron chi connectivity index (χ4n) is 1.88. The first-order valence-electron chi connectivity index (χ1n) is 5.51. The van der Waals surface area contributed by atoms with Gasteiger partial charge in [0.05, 0.1) is 4.47 Å². The number of benzene rings is 1. The van der Waals surface area contributed by atoms with Crippen molar-refractivity contribution in [1.82, 2.24) is 4.98 Å². The van der Waals surface area contributed by atoms with E-state index in [4.69, 9.17) is 4.42 Å². The lowest BCUT2D eigenvalue weighted by Gasteiger charge is -2.06. The molecular formula is C14H10BrNO2. The molecule has 3 rings (SSSR count). The zero-order valence-electron chi connectivity index (χ0n) is 9.38. The Labute approximate surface area is 112 Å². The van der Waals surface area contributed by atoms with Crippen LogP contribution in [0, 0.1) is 0 Å². The Hall–Kier alpha value is -1.65. The molecule has 0 radical (unpaired) electrons. The van der Waals surface area contributed by atoms with Crippen LogP contribution < -0.4 is 0 Å². The molecule has 0 bridgehead atoms. The highest BCUT2D eigenvalue weighted by Gasteiger charge is 2.16. The summed E-state index contributed by atoms with van der Waals surface area (Å²) in [5.74, 6) is 0.518. The van der Waals surface area contributed by atoms with E-state index in [9.17, 15) is 5.11 Å². The van der Waals surface area contributed by atoms with E-state index >= 15 is 0 Å². The minimum Gasteiger partial charge on any atom is -0.457 e. The standard InChI is InChI=1S/C14H10BrNO2/c15-11-5-1-3-9-7-12(18-14(9)11)13(17)10-4-2-6-16-8-10/h1-8,13,17H. The Kier molecular flexibility index (Phi) is 2.89. The summed E-state index contributed by atoms with van der Waals surface area (Å²) in [6.45, 7) is 0. The number of fused-ring (bicyclic) bond motifs is 1. The van der Waals surface area contributed by atoms with E-state index in [1.807, 2.05) is 30.3 Å². The van der Waals surface area contributed by atoms with Gasteiger partial charge < -0.3 is 9.52 Å². The lowest BCUT2D eigenvalue weighted by molar-refractivity contribution is 0.192. The van der Waals surface area contributed by atoms with Crippen LogP contribution in [-0.4, -0.2) is 10.1 Å². The van der Waals surface area contributed by atoms with Crippen LogP contribution in [0.4, 0.5) is 0 Å². The van der Waals surface area contributed by atoms with E-state index in [1.165, 1.54) is 0 Å². The van der Waals surface area contributed by atoms with Crippen molar-refractivity contribution < 1.29 is 9.52 Å². The first-order chi connectivity index (χ1) is 8.75. The van der Waals surface area contributed by atoms with Crippen LogP contribution in [0.3, 0.4) is 0 Å². The van der Waals surface area contributed by atoms with E-state index in [0.29, 0.717) is 11.3 Å². The van der Waals surface area contributed by atoms with Crippen LogP contribution >= 0.6 is 15.9 Å². The van der Waals surface area contributed by atoms with Crippen LogP contribution in [0.2, 0.25) is 0 Å². The highest BCUT2D eigenvalue weighted by Crippen LogP contribution is 2.31. The third-order valence-corrected chi connectivity index (χ3v) is 3.41. The molecule has 1 N–H and O–H groups in total. The number of furan rings is 1. The van der Waals surface area contributed by atoms with Crippen LogP contribution in [0.15, 0.2) is 57.7 Å². The number of hydrogen-bond acceptors (Lipinski definition) is 3. The van der Waals surface area contributed by atoms with E-state index in [1.54, 1.807) is 18.5 Å². The van der Waals surface area contributed by atoms with Crippen molar-refractivity contribution in [3.8, 4) is 0 Å². The van der Waals surface area contributed by atoms with Gasteiger partial charge in [0.1, 0.15) is 17.4 Å². The van der Waals surface area contributed by atoms with E-state index < -0.39 is 6.10 Å². The van der Waals surface area contributed by atoms with Gasteiger partial charge in [-0.15, -0.1) is 0 Å². The number of hydrogen-bond donors (Lipinski definition) is 1. The molecule has 0 aliphatic rings. The molecule has 0 fully saturated rings. The molecule has 18 heavy (non-hydrogen) atoms. The van der Waals surface area contributed by atoms with Crippen molar-refractivity contribution in [2.45, 2.75) is 6.10 Å². The predicted octanol–water partition coefficient (Wildman–Crippen LogP) is 3.67. The maximum atomic E-state index is 10.2. The van der Waals surface area contributed by atoms with Crippen molar-refractivity contribution in [3.05, 3.63) is 64.6 Å². The third kappa shape index (κ3) is 1.94. The average Bonchev–Trinajstić information content (AvgIpc) is 2.84. The van der Waals surface area contributed by atoms with Crippen LogP contribution in [-0.2, 0) is 0 Å². The Morgan fingerprint density at radius 2 is 2.11 bits per heavy atom. The lowest BCUT2D eigenvalue weighted by Crippen LogP contribution is -1.97. The summed E-state index contributed by atoms with van der Waals surface area (Å²) >= 11 is 3.43. The molecule has 2 heterocycles. The van der Waals surface area contributed by atoms with Gasteiger partial charge >= 0.3 is 0 Å². The normalized spacial score (nSPS) is 12.8. The molecule has 0 saturated carbocycles.